The van der Waals surface area contributed by atoms with Gasteiger partial charge in [0.1, 0.15) is 10.7 Å². The lowest BCUT2D eigenvalue weighted by Crippen LogP contribution is -2.16. The highest BCUT2D eigenvalue weighted by Gasteiger charge is 2.20. The second-order valence-corrected chi connectivity index (χ2v) is 5.68. The summed E-state index contributed by atoms with van der Waals surface area (Å²) in [6.07, 6.45) is 2.60. The number of nitrogens with zero attached hydrogens (tertiary/aromatic N) is 2. The van der Waals surface area contributed by atoms with Gasteiger partial charge in [-0.1, -0.05) is 0 Å². The molecule has 0 aliphatic heterocycles. The number of aromatic nitrogens is 1. The van der Waals surface area contributed by atoms with Crippen molar-refractivity contribution in [1.29, 1.82) is 5.26 Å². The third-order valence-electron chi connectivity index (χ3n) is 2.69. The summed E-state index contributed by atoms with van der Waals surface area (Å²) in [5, 5.41) is 11.4. The summed E-state index contributed by atoms with van der Waals surface area (Å²) in [6.45, 7) is 0. The molecule has 6 nitrogen and oxygen atoms in total. The molecule has 8 heteroatoms. The summed E-state index contributed by atoms with van der Waals surface area (Å²) in [7, 11) is -2.43. The van der Waals surface area contributed by atoms with E-state index < -0.39 is 15.8 Å². The molecule has 0 unspecified atom stereocenters. The van der Waals surface area contributed by atoms with Gasteiger partial charge in [-0.05, 0) is 24.3 Å². The normalized spacial score (nSPS) is 10.7. The molecule has 0 amide bonds. The van der Waals surface area contributed by atoms with Crippen molar-refractivity contribution in [1.82, 2.24) is 4.98 Å². The van der Waals surface area contributed by atoms with Crippen molar-refractivity contribution in [2.45, 2.75) is 4.90 Å². The zero-order valence-corrected chi connectivity index (χ0v) is 11.8. The predicted molar refractivity (Wildman–Crippen MR) is 75.7 cm³/mol. The van der Waals surface area contributed by atoms with Crippen LogP contribution in [0.15, 0.2) is 41.6 Å². The average Bonchev–Trinajstić information content (AvgIpc) is 2.49. The number of hydrogen-bond donors (Lipinski definition) is 2. The third-order valence-corrected chi connectivity index (χ3v) is 4.08. The average molecular weight is 306 g/mol. The number of nitriles is 1. The molecule has 0 aliphatic carbocycles. The molecule has 0 spiro atoms. The molecule has 0 fully saturated rings. The highest BCUT2D eigenvalue weighted by molar-refractivity contribution is 7.92. The molecule has 0 radical (unpaired) electrons. The summed E-state index contributed by atoms with van der Waals surface area (Å²) in [4.78, 5) is 3.65. The van der Waals surface area contributed by atoms with Crippen LogP contribution in [0.3, 0.4) is 0 Å². The van der Waals surface area contributed by atoms with Gasteiger partial charge < -0.3 is 5.32 Å². The number of benzene rings is 1. The van der Waals surface area contributed by atoms with Crippen molar-refractivity contribution >= 4 is 21.4 Å². The molecule has 0 saturated carbocycles. The number of sulfonamides is 1. The number of anilines is 2. The van der Waals surface area contributed by atoms with Crippen molar-refractivity contribution < 1.29 is 12.8 Å². The van der Waals surface area contributed by atoms with Crippen LogP contribution in [0.1, 0.15) is 5.56 Å². The van der Waals surface area contributed by atoms with Gasteiger partial charge in [-0.2, -0.15) is 5.26 Å². The SMILES string of the molecule is CNc1ccncc1S(=O)(=O)Nc1ccc(C#N)cc1F. The summed E-state index contributed by atoms with van der Waals surface area (Å²) < 4.78 is 40.4. The topological polar surface area (TPSA) is 94.9 Å². The van der Waals surface area contributed by atoms with E-state index >= 15 is 0 Å². The second-order valence-electron chi connectivity index (χ2n) is 4.03. The summed E-state index contributed by atoms with van der Waals surface area (Å²) in [5.41, 5.74) is 0.208. The summed E-state index contributed by atoms with van der Waals surface area (Å²) in [6, 6.07) is 6.74. The van der Waals surface area contributed by atoms with Crippen molar-refractivity contribution in [3.05, 3.63) is 48.0 Å². The van der Waals surface area contributed by atoms with Gasteiger partial charge in [0.15, 0.2) is 0 Å². The molecule has 2 aromatic rings. The summed E-state index contributed by atoms with van der Waals surface area (Å²) >= 11 is 0. The highest BCUT2D eigenvalue weighted by atomic mass is 32.2. The Morgan fingerprint density at radius 1 is 1.29 bits per heavy atom. The fourth-order valence-electron chi connectivity index (χ4n) is 1.67. The van der Waals surface area contributed by atoms with Crippen LogP contribution >= 0.6 is 0 Å². The van der Waals surface area contributed by atoms with Crippen LogP contribution in [-0.4, -0.2) is 20.4 Å². The third kappa shape index (κ3) is 3.09. The molecule has 2 rings (SSSR count). The van der Waals surface area contributed by atoms with E-state index in [9.17, 15) is 12.8 Å². The molecule has 0 aliphatic rings. The summed E-state index contributed by atoms with van der Waals surface area (Å²) in [5.74, 6) is -0.826. The Labute approximate surface area is 121 Å². The first kappa shape index (κ1) is 14.7. The van der Waals surface area contributed by atoms with E-state index in [1.165, 1.54) is 24.4 Å². The highest BCUT2D eigenvalue weighted by Crippen LogP contribution is 2.24. The standard InChI is InChI=1S/C13H11FN4O2S/c1-16-12-4-5-17-8-13(12)21(19,20)18-11-3-2-9(7-15)6-10(11)14/h2-6,8,18H,1H3,(H,16,17). The second kappa shape index (κ2) is 5.76. The largest absolute Gasteiger partial charge is 0.387 e. The van der Waals surface area contributed by atoms with Crippen LogP contribution in [0.25, 0.3) is 0 Å². The quantitative estimate of drug-likeness (QED) is 0.900. The first-order valence-corrected chi connectivity index (χ1v) is 7.30. The lowest BCUT2D eigenvalue weighted by Gasteiger charge is -2.12. The van der Waals surface area contributed by atoms with Crippen LogP contribution in [0.2, 0.25) is 0 Å². The van der Waals surface area contributed by atoms with E-state index in [0.717, 1.165) is 12.3 Å². The minimum atomic E-state index is -4.00. The Hall–Kier alpha value is -2.66. The minimum absolute atomic E-state index is 0.101. The first-order valence-electron chi connectivity index (χ1n) is 5.82. The van der Waals surface area contributed by atoms with Gasteiger partial charge in [0.25, 0.3) is 10.0 Å². The monoisotopic (exact) mass is 306 g/mol. The molecule has 1 aromatic carbocycles. The molecule has 1 aromatic heterocycles. The van der Waals surface area contributed by atoms with Gasteiger partial charge in [-0.3, -0.25) is 9.71 Å². The zero-order valence-electron chi connectivity index (χ0n) is 11.0. The van der Waals surface area contributed by atoms with Gasteiger partial charge in [0.05, 0.1) is 23.0 Å². The Morgan fingerprint density at radius 3 is 2.67 bits per heavy atom. The Morgan fingerprint density at radius 2 is 2.05 bits per heavy atom. The zero-order chi connectivity index (χ0) is 15.5. The van der Waals surface area contributed by atoms with Crippen molar-refractivity contribution in [3.8, 4) is 6.07 Å². The number of rotatable bonds is 4. The molecule has 108 valence electrons. The fraction of sp³-hybridized carbons (Fsp3) is 0.0769. The molecule has 0 atom stereocenters. The van der Waals surface area contributed by atoms with Crippen LogP contribution < -0.4 is 10.0 Å². The van der Waals surface area contributed by atoms with E-state index in [1.54, 1.807) is 13.1 Å². The van der Waals surface area contributed by atoms with Crippen LogP contribution in [0, 0.1) is 17.1 Å². The van der Waals surface area contributed by atoms with Gasteiger partial charge in [0.2, 0.25) is 0 Å². The van der Waals surface area contributed by atoms with E-state index in [-0.39, 0.29) is 16.1 Å². The van der Waals surface area contributed by atoms with Crippen molar-refractivity contribution in [2.75, 3.05) is 17.1 Å². The Bertz CT molecular complexity index is 815. The lowest BCUT2D eigenvalue weighted by molar-refractivity contribution is 0.598. The molecule has 1 heterocycles. The first-order chi connectivity index (χ1) is 9.97. The maximum Gasteiger partial charge on any atom is 0.265 e. The number of nitrogens with one attached hydrogen (secondary N) is 2. The maximum absolute atomic E-state index is 13.8. The van der Waals surface area contributed by atoms with Gasteiger partial charge in [-0.25, -0.2) is 12.8 Å². The molecule has 0 bridgehead atoms. The molecule has 2 N–H and O–H groups in total. The van der Waals surface area contributed by atoms with Crippen molar-refractivity contribution in [2.24, 2.45) is 0 Å². The number of hydrogen-bond acceptors (Lipinski definition) is 5. The molecule has 21 heavy (non-hydrogen) atoms. The molecular weight excluding hydrogens is 295 g/mol. The van der Waals surface area contributed by atoms with E-state index in [2.05, 4.69) is 15.0 Å². The van der Waals surface area contributed by atoms with Gasteiger partial charge in [-0.15, -0.1) is 0 Å². The van der Waals surface area contributed by atoms with Crippen LogP contribution in [0.5, 0.6) is 0 Å². The minimum Gasteiger partial charge on any atom is -0.387 e. The van der Waals surface area contributed by atoms with Crippen LogP contribution in [-0.2, 0) is 10.0 Å². The van der Waals surface area contributed by atoms with Crippen molar-refractivity contribution in [3.63, 3.8) is 0 Å². The predicted octanol–water partition coefficient (Wildman–Crippen LogP) is 1.93. The fourth-order valence-corrected chi connectivity index (χ4v) is 2.89. The van der Waals surface area contributed by atoms with Gasteiger partial charge >= 0.3 is 0 Å². The Kier molecular flexibility index (Phi) is 4.05. The Balaban J connectivity index is 2.41. The number of halogens is 1. The molecular formula is C13H11FN4O2S. The maximum atomic E-state index is 13.8. The van der Waals surface area contributed by atoms with Gasteiger partial charge in [0, 0.05) is 19.4 Å². The smallest absolute Gasteiger partial charge is 0.265 e. The van der Waals surface area contributed by atoms with Crippen LogP contribution in [0.4, 0.5) is 15.8 Å². The van der Waals surface area contributed by atoms with E-state index in [1.807, 2.05) is 0 Å². The van der Waals surface area contributed by atoms with E-state index in [4.69, 9.17) is 5.26 Å². The lowest BCUT2D eigenvalue weighted by atomic mass is 10.2. The number of pyridine rings is 1. The molecule has 0 saturated heterocycles. The van der Waals surface area contributed by atoms with E-state index in [0.29, 0.717) is 5.69 Å².